The molecule has 0 N–H and O–H groups in total. The number of hydrogen-bond donors (Lipinski definition) is 0. The van der Waals surface area contributed by atoms with Gasteiger partial charge in [0.25, 0.3) is 0 Å². The predicted molar refractivity (Wildman–Crippen MR) is 123 cm³/mol. The van der Waals surface area contributed by atoms with Crippen molar-refractivity contribution in [3.63, 3.8) is 0 Å². The molecular weight excluding hydrogens is 390 g/mol. The second kappa shape index (κ2) is 12.9. The molecule has 2 aromatic rings. The van der Waals surface area contributed by atoms with E-state index in [1.807, 2.05) is 57.2 Å². The third-order valence-electron chi connectivity index (χ3n) is 5.51. The average molecular weight is 426 g/mol. The van der Waals surface area contributed by atoms with Crippen LogP contribution in [-0.2, 0) is 22.5 Å². The molecule has 0 spiro atoms. The zero-order valence-corrected chi connectivity index (χ0v) is 19.3. The SMILES string of the molecule is CCCN(CCCCOCc1ccccc1)C(=O)OC(=O)c1ccc(CC)c(C)c1C. The van der Waals surface area contributed by atoms with Gasteiger partial charge in [-0.2, -0.15) is 0 Å². The Kier molecular flexibility index (Phi) is 10.2. The lowest BCUT2D eigenvalue weighted by Crippen LogP contribution is -2.35. The van der Waals surface area contributed by atoms with Gasteiger partial charge in [0.15, 0.2) is 0 Å². The molecule has 0 radical (unpaired) electrons. The molecule has 0 saturated carbocycles. The maximum absolute atomic E-state index is 12.6. The fourth-order valence-electron chi connectivity index (χ4n) is 3.52. The van der Waals surface area contributed by atoms with Crippen LogP contribution >= 0.6 is 0 Å². The Bertz CT molecular complexity index is 848. The summed E-state index contributed by atoms with van der Waals surface area (Å²) in [7, 11) is 0. The van der Waals surface area contributed by atoms with Crippen LogP contribution in [0.5, 0.6) is 0 Å². The highest BCUT2D eigenvalue weighted by atomic mass is 16.6. The predicted octanol–water partition coefficient (Wildman–Crippen LogP) is 5.85. The van der Waals surface area contributed by atoms with Crippen molar-refractivity contribution in [1.29, 1.82) is 0 Å². The van der Waals surface area contributed by atoms with Crippen LogP contribution in [0.3, 0.4) is 0 Å². The summed E-state index contributed by atoms with van der Waals surface area (Å²) in [5.41, 5.74) is 4.74. The number of unbranched alkanes of at least 4 members (excludes halogenated alkanes) is 1. The van der Waals surface area contributed by atoms with Crippen LogP contribution in [0.2, 0.25) is 0 Å². The van der Waals surface area contributed by atoms with E-state index in [9.17, 15) is 9.59 Å². The first-order valence-electron chi connectivity index (χ1n) is 11.2. The Morgan fingerprint density at radius 3 is 2.32 bits per heavy atom. The molecule has 31 heavy (non-hydrogen) atoms. The Morgan fingerprint density at radius 1 is 0.903 bits per heavy atom. The summed E-state index contributed by atoms with van der Waals surface area (Å²) in [6.07, 6.45) is 2.76. The largest absolute Gasteiger partial charge is 0.417 e. The summed E-state index contributed by atoms with van der Waals surface area (Å²) in [5.74, 6) is -0.583. The summed E-state index contributed by atoms with van der Waals surface area (Å²) < 4.78 is 10.9. The van der Waals surface area contributed by atoms with Gasteiger partial charge >= 0.3 is 12.1 Å². The second-order valence-corrected chi connectivity index (χ2v) is 7.76. The first-order valence-corrected chi connectivity index (χ1v) is 11.2. The number of hydrogen-bond acceptors (Lipinski definition) is 4. The number of benzene rings is 2. The van der Waals surface area contributed by atoms with E-state index in [0.29, 0.717) is 31.9 Å². The zero-order valence-electron chi connectivity index (χ0n) is 19.3. The minimum atomic E-state index is -0.583. The average Bonchev–Trinajstić information content (AvgIpc) is 2.77. The molecule has 2 aromatic carbocycles. The number of aryl methyl sites for hydroxylation is 1. The molecule has 168 valence electrons. The molecule has 0 unspecified atom stereocenters. The number of ether oxygens (including phenoxy) is 2. The van der Waals surface area contributed by atoms with Crippen LogP contribution in [0.4, 0.5) is 4.79 Å². The Morgan fingerprint density at radius 2 is 1.65 bits per heavy atom. The second-order valence-electron chi connectivity index (χ2n) is 7.76. The number of carbonyl (C=O) groups excluding carboxylic acids is 2. The van der Waals surface area contributed by atoms with Crippen molar-refractivity contribution in [2.24, 2.45) is 0 Å². The molecule has 5 nitrogen and oxygen atoms in total. The van der Waals surface area contributed by atoms with Gasteiger partial charge in [0, 0.05) is 19.7 Å². The van der Waals surface area contributed by atoms with Crippen molar-refractivity contribution >= 4 is 12.1 Å². The van der Waals surface area contributed by atoms with E-state index in [1.165, 1.54) is 5.56 Å². The Balaban J connectivity index is 1.81. The maximum atomic E-state index is 12.6. The van der Waals surface area contributed by atoms with Crippen molar-refractivity contribution in [2.75, 3.05) is 19.7 Å². The monoisotopic (exact) mass is 425 g/mol. The van der Waals surface area contributed by atoms with Crippen molar-refractivity contribution in [1.82, 2.24) is 4.90 Å². The summed E-state index contributed by atoms with van der Waals surface area (Å²) in [5, 5.41) is 0. The van der Waals surface area contributed by atoms with Crippen molar-refractivity contribution in [2.45, 2.75) is 60.0 Å². The van der Waals surface area contributed by atoms with E-state index in [-0.39, 0.29) is 0 Å². The van der Waals surface area contributed by atoms with Crippen molar-refractivity contribution < 1.29 is 19.1 Å². The molecule has 2 rings (SSSR count). The molecule has 0 bridgehead atoms. The molecule has 0 fully saturated rings. The lowest BCUT2D eigenvalue weighted by Gasteiger charge is -2.21. The maximum Gasteiger partial charge on any atom is 0.417 e. The standard InChI is InChI=1S/C26H35NO4/c1-5-16-27(17-10-11-18-30-19-22-12-8-7-9-13-22)26(29)31-25(28)24-15-14-23(6-2)20(3)21(24)4/h7-9,12-15H,5-6,10-11,16-19H2,1-4H3. The van der Waals surface area contributed by atoms with Crippen molar-refractivity contribution in [3.8, 4) is 0 Å². The highest BCUT2D eigenvalue weighted by Crippen LogP contribution is 2.19. The minimum absolute atomic E-state index is 0.453. The summed E-state index contributed by atoms with van der Waals surface area (Å²) in [6.45, 7) is 10.3. The minimum Gasteiger partial charge on any atom is -0.377 e. The first kappa shape index (κ1) is 24.6. The number of carbonyl (C=O) groups is 2. The van der Waals surface area contributed by atoms with Gasteiger partial charge in [-0.15, -0.1) is 0 Å². The smallest absolute Gasteiger partial charge is 0.377 e. The fourth-order valence-corrected chi connectivity index (χ4v) is 3.52. The molecule has 0 aliphatic rings. The van der Waals surface area contributed by atoms with E-state index in [1.54, 1.807) is 11.0 Å². The molecule has 0 aliphatic carbocycles. The van der Waals surface area contributed by atoms with E-state index >= 15 is 0 Å². The number of nitrogens with zero attached hydrogens (tertiary/aromatic N) is 1. The van der Waals surface area contributed by atoms with Gasteiger partial charge in [-0.3, -0.25) is 0 Å². The summed E-state index contributed by atoms with van der Waals surface area (Å²) in [6, 6.07) is 13.7. The lowest BCUT2D eigenvalue weighted by molar-refractivity contribution is 0.0535. The van der Waals surface area contributed by atoms with Crippen LogP contribution in [0, 0.1) is 13.8 Å². The van der Waals surface area contributed by atoms with Crippen LogP contribution in [0.15, 0.2) is 42.5 Å². The normalized spacial score (nSPS) is 10.7. The highest BCUT2D eigenvalue weighted by Gasteiger charge is 2.21. The quantitative estimate of drug-likeness (QED) is 0.257. The molecule has 0 aliphatic heterocycles. The summed E-state index contributed by atoms with van der Waals surface area (Å²) in [4.78, 5) is 26.8. The lowest BCUT2D eigenvalue weighted by atomic mass is 9.97. The highest BCUT2D eigenvalue weighted by molar-refractivity contribution is 5.97. The van der Waals surface area contributed by atoms with Gasteiger partial charge in [0.05, 0.1) is 12.2 Å². The Hall–Kier alpha value is -2.66. The van der Waals surface area contributed by atoms with Crippen molar-refractivity contribution in [3.05, 3.63) is 70.3 Å². The van der Waals surface area contributed by atoms with E-state index in [0.717, 1.165) is 42.4 Å². The van der Waals surface area contributed by atoms with Crippen LogP contribution < -0.4 is 0 Å². The van der Waals surface area contributed by atoms with Gasteiger partial charge in [-0.25, -0.2) is 9.59 Å². The number of amides is 1. The fraction of sp³-hybridized carbons (Fsp3) is 0.462. The van der Waals surface area contributed by atoms with Gasteiger partial charge in [-0.05, 0) is 67.9 Å². The number of esters is 1. The number of rotatable bonds is 11. The molecule has 0 atom stereocenters. The van der Waals surface area contributed by atoms with Crippen LogP contribution in [0.1, 0.15) is 65.7 Å². The molecule has 0 aromatic heterocycles. The van der Waals surface area contributed by atoms with Gasteiger partial charge in [-0.1, -0.05) is 50.2 Å². The molecular formula is C26H35NO4. The van der Waals surface area contributed by atoms with E-state index in [4.69, 9.17) is 9.47 Å². The molecule has 5 heteroatoms. The third kappa shape index (κ3) is 7.51. The topological polar surface area (TPSA) is 55.8 Å². The molecule has 1 amide bonds. The van der Waals surface area contributed by atoms with Gasteiger partial charge < -0.3 is 14.4 Å². The third-order valence-corrected chi connectivity index (χ3v) is 5.51. The van der Waals surface area contributed by atoms with Gasteiger partial charge in [0.2, 0.25) is 0 Å². The zero-order chi connectivity index (χ0) is 22.6. The Labute approximate surface area is 186 Å². The first-order chi connectivity index (χ1) is 15.0. The van der Waals surface area contributed by atoms with Crippen LogP contribution in [-0.4, -0.2) is 36.7 Å². The molecule has 0 saturated heterocycles. The molecule has 0 heterocycles. The van der Waals surface area contributed by atoms with Gasteiger partial charge in [0.1, 0.15) is 0 Å². The van der Waals surface area contributed by atoms with E-state index in [2.05, 4.69) is 6.92 Å². The summed E-state index contributed by atoms with van der Waals surface area (Å²) >= 11 is 0. The van der Waals surface area contributed by atoms with Crippen LogP contribution in [0.25, 0.3) is 0 Å². The van der Waals surface area contributed by atoms with E-state index < -0.39 is 12.1 Å².